The molecule has 6 heteroatoms. The lowest BCUT2D eigenvalue weighted by Gasteiger charge is -2.15. The van der Waals surface area contributed by atoms with Gasteiger partial charge in [0.1, 0.15) is 13.2 Å². The van der Waals surface area contributed by atoms with E-state index in [9.17, 15) is 0 Å². The average molecular weight is 544 g/mol. The Morgan fingerprint density at radius 2 is 1.27 bits per heavy atom. The first kappa shape index (κ1) is 25.4. The van der Waals surface area contributed by atoms with Crippen molar-refractivity contribution < 1.29 is 9.47 Å². The maximum atomic E-state index is 6.54. The van der Waals surface area contributed by atoms with E-state index < -0.39 is 0 Å². The zero-order valence-electron chi connectivity index (χ0n) is 21.7. The molecule has 4 aromatic carbocycles. The lowest BCUT2D eigenvalue weighted by atomic mass is 10.1. The highest BCUT2D eigenvalue weighted by Gasteiger charge is 2.18. The fraction of sp³-hybridized carbons (Fsp3) is 0.0588. The summed E-state index contributed by atoms with van der Waals surface area (Å²) in [5, 5.41) is 5.54. The Hall–Kier alpha value is -4.87. The summed E-state index contributed by atoms with van der Waals surface area (Å²) in [4.78, 5) is 4.56. The number of benzene rings is 4. The number of rotatable bonds is 9. The predicted octanol–water partition coefficient (Wildman–Crippen LogP) is 8.41. The van der Waals surface area contributed by atoms with Crippen LogP contribution in [0.4, 0.5) is 0 Å². The van der Waals surface area contributed by atoms with Crippen molar-refractivity contribution in [3.8, 4) is 39.8 Å². The molecule has 0 N–H and O–H groups in total. The van der Waals surface area contributed by atoms with Crippen LogP contribution in [0.15, 0.2) is 134 Å². The van der Waals surface area contributed by atoms with E-state index in [1.165, 1.54) is 0 Å². The quantitative estimate of drug-likeness (QED) is 0.184. The van der Waals surface area contributed by atoms with Gasteiger partial charge in [-0.05, 0) is 53.6 Å². The standard InChI is InChI=1S/C34H26ClN3O2/c35-29-16-8-7-15-28(29)30-22-31(38(37-30)34-17-9-10-20-36-34)27-18-19-32(39-23-25-11-3-1-4-12-25)33(21-27)40-24-26-13-5-2-6-14-26/h1-22H,23-24H2. The van der Waals surface area contributed by atoms with Gasteiger partial charge < -0.3 is 9.47 Å². The number of halogens is 1. The predicted molar refractivity (Wildman–Crippen MR) is 159 cm³/mol. The number of nitrogens with zero attached hydrogens (tertiary/aromatic N) is 3. The molecule has 0 saturated carbocycles. The van der Waals surface area contributed by atoms with Crippen LogP contribution in [-0.4, -0.2) is 14.8 Å². The van der Waals surface area contributed by atoms with Crippen molar-refractivity contribution >= 4 is 11.6 Å². The van der Waals surface area contributed by atoms with Crippen molar-refractivity contribution in [2.75, 3.05) is 0 Å². The van der Waals surface area contributed by atoms with Crippen molar-refractivity contribution in [3.63, 3.8) is 0 Å². The van der Waals surface area contributed by atoms with Gasteiger partial charge in [0.15, 0.2) is 17.3 Å². The first-order valence-electron chi connectivity index (χ1n) is 13.0. The molecule has 0 atom stereocenters. The van der Waals surface area contributed by atoms with Crippen LogP contribution in [0.5, 0.6) is 11.5 Å². The van der Waals surface area contributed by atoms with Crippen LogP contribution >= 0.6 is 11.6 Å². The molecule has 0 bridgehead atoms. The van der Waals surface area contributed by atoms with E-state index in [4.69, 9.17) is 26.2 Å². The van der Waals surface area contributed by atoms with Gasteiger partial charge in [-0.2, -0.15) is 5.10 Å². The maximum Gasteiger partial charge on any atom is 0.162 e. The molecule has 2 heterocycles. The van der Waals surface area contributed by atoms with Gasteiger partial charge in [0, 0.05) is 17.3 Å². The van der Waals surface area contributed by atoms with Crippen LogP contribution in [0.25, 0.3) is 28.3 Å². The highest BCUT2D eigenvalue weighted by molar-refractivity contribution is 6.33. The molecule has 0 radical (unpaired) electrons. The number of hydrogen-bond acceptors (Lipinski definition) is 4. The molecule has 0 saturated heterocycles. The topological polar surface area (TPSA) is 49.2 Å². The maximum absolute atomic E-state index is 6.54. The fourth-order valence-electron chi connectivity index (χ4n) is 4.41. The minimum absolute atomic E-state index is 0.413. The molecule has 0 aliphatic carbocycles. The lowest BCUT2D eigenvalue weighted by molar-refractivity contribution is 0.256. The summed E-state index contributed by atoms with van der Waals surface area (Å²) in [6.07, 6.45) is 1.75. The van der Waals surface area contributed by atoms with Crippen LogP contribution < -0.4 is 9.47 Å². The Morgan fingerprint density at radius 3 is 1.95 bits per heavy atom. The summed E-state index contributed by atoms with van der Waals surface area (Å²) in [7, 11) is 0. The summed E-state index contributed by atoms with van der Waals surface area (Å²) in [5.74, 6) is 2.01. The van der Waals surface area contributed by atoms with Crippen LogP contribution in [0.2, 0.25) is 5.02 Å². The number of ether oxygens (including phenoxy) is 2. The number of hydrogen-bond donors (Lipinski definition) is 0. The van der Waals surface area contributed by atoms with Crippen molar-refractivity contribution in [2.24, 2.45) is 0 Å². The van der Waals surface area contributed by atoms with Crippen LogP contribution in [-0.2, 0) is 13.2 Å². The summed E-state index contributed by atoms with van der Waals surface area (Å²) >= 11 is 6.54. The molecule has 0 amide bonds. The molecular formula is C34H26ClN3O2. The van der Waals surface area contributed by atoms with Gasteiger partial charge in [-0.1, -0.05) is 96.5 Å². The third-order valence-corrected chi connectivity index (χ3v) is 6.77. The molecule has 40 heavy (non-hydrogen) atoms. The highest BCUT2D eigenvalue weighted by Crippen LogP contribution is 2.37. The van der Waals surface area contributed by atoms with Crippen molar-refractivity contribution in [1.82, 2.24) is 14.8 Å². The van der Waals surface area contributed by atoms with E-state index in [2.05, 4.69) is 4.98 Å². The second-order valence-electron chi connectivity index (χ2n) is 9.20. The van der Waals surface area contributed by atoms with E-state index in [-0.39, 0.29) is 0 Å². The Balaban J connectivity index is 1.41. The zero-order valence-corrected chi connectivity index (χ0v) is 22.4. The molecule has 196 valence electrons. The van der Waals surface area contributed by atoms with Gasteiger partial charge in [0.25, 0.3) is 0 Å². The summed E-state index contributed by atoms with van der Waals surface area (Å²) in [6.45, 7) is 0.848. The smallest absolute Gasteiger partial charge is 0.162 e. The number of aromatic nitrogens is 3. The largest absolute Gasteiger partial charge is 0.485 e. The molecule has 0 spiro atoms. The Kier molecular flexibility index (Phi) is 7.55. The van der Waals surface area contributed by atoms with Gasteiger partial charge in [-0.3, -0.25) is 0 Å². The van der Waals surface area contributed by atoms with Gasteiger partial charge in [0.2, 0.25) is 0 Å². The van der Waals surface area contributed by atoms with E-state index in [1.54, 1.807) is 6.20 Å². The first-order valence-corrected chi connectivity index (χ1v) is 13.4. The second-order valence-corrected chi connectivity index (χ2v) is 9.61. The third kappa shape index (κ3) is 5.75. The second kappa shape index (κ2) is 11.9. The monoisotopic (exact) mass is 543 g/mol. The molecule has 5 nitrogen and oxygen atoms in total. The summed E-state index contributed by atoms with van der Waals surface area (Å²) < 4.78 is 14.4. The summed E-state index contributed by atoms with van der Waals surface area (Å²) in [5.41, 5.74) is 5.52. The third-order valence-electron chi connectivity index (χ3n) is 6.44. The fourth-order valence-corrected chi connectivity index (χ4v) is 4.64. The molecule has 0 fully saturated rings. The number of pyridine rings is 1. The van der Waals surface area contributed by atoms with E-state index in [1.807, 2.05) is 132 Å². The molecule has 2 aromatic heterocycles. The molecule has 0 unspecified atom stereocenters. The van der Waals surface area contributed by atoms with Crippen molar-refractivity contribution in [2.45, 2.75) is 13.2 Å². The minimum Gasteiger partial charge on any atom is -0.485 e. The van der Waals surface area contributed by atoms with Crippen molar-refractivity contribution in [3.05, 3.63) is 150 Å². The molecule has 0 aliphatic rings. The zero-order chi connectivity index (χ0) is 27.1. The van der Waals surface area contributed by atoms with Crippen LogP contribution in [0.1, 0.15) is 11.1 Å². The Labute approximate surface area is 238 Å². The Bertz CT molecular complexity index is 1700. The van der Waals surface area contributed by atoms with E-state index in [0.717, 1.165) is 33.6 Å². The van der Waals surface area contributed by atoms with Gasteiger partial charge >= 0.3 is 0 Å². The van der Waals surface area contributed by atoms with Gasteiger partial charge in [-0.15, -0.1) is 0 Å². The average Bonchev–Trinajstić information content (AvgIpc) is 3.46. The highest BCUT2D eigenvalue weighted by atomic mass is 35.5. The molecule has 0 aliphatic heterocycles. The van der Waals surface area contributed by atoms with E-state index >= 15 is 0 Å². The normalized spacial score (nSPS) is 10.8. The molecule has 6 rings (SSSR count). The van der Waals surface area contributed by atoms with Gasteiger partial charge in [0.05, 0.1) is 16.4 Å². The minimum atomic E-state index is 0.413. The molecule has 6 aromatic rings. The lowest BCUT2D eigenvalue weighted by Crippen LogP contribution is -2.03. The summed E-state index contributed by atoms with van der Waals surface area (Å²) in [6, 6.07) is 41.6. The van der Waals surface area contributed by atoms with Gasteiger partial charge in [-0.25, -0.2) is 9.67 Å². The van der Waals surface area contributed by atoms with Crippen LogP contribution in [0, 0.1) is 0 Å². The van der Waals surface area contributed by atoms with E-state index in [0.29, 0.717) is 35.6 Å². The molecular weight excluding hydrogens is 518 g/mol. The van der Waals surface area contributed by atoms with Crippen LogP contribution in [0.3, 0.4) is 0 Å². The van der Waals surface area contributed by atoms with Crippen molar-refractivity contribution in [1.29, 1.82) is 0 Å². The first-order chi connectivity index (χ1) is 19.7. The SMILES string of the molecule is Clc1ccccc1-c1cc(-c2ccc(OCc3ccccc3)c(OCc3ccccc3)c2)n(-c2ccccn2)n1. The Morgan fingerprint density at radius 1 is 0.625 bits per heavy atom.